The van der Waals surface area contributed by atoms with Gasteiger partial charge in [0.2, 0.25) is 5.91 Å². The molecule has 1 amide bonds. The molecule has 0 radical (unpaired) electrons. The summed E-state index contributed by atoms with van der Waals surface area (Å²) in [5.41, 5.74) is -1.43. The number of carbonyl (C=O) groups excluding carboxylic acids is 1. The van der Waals surface area contributed by atoms with Crippen LogP contribution in [0.2, 0.25) is 5.02 Å². The summed E-state index contributed by atoms with van der Waals surface area (Å²) in [5.74, 6) is -1.46. The van der Waals surface area contributed by atoms with E-state index in [-0.39, 0.29) is 29.0 Å². The van der Waals surface area contributed by atoms with E-state index in [4.69, 9.17) is 11.6 Å². The monoisotopic (exact) mass is 572 g/mol. The third-order valence-corrected chi connectivity index (χ3v) is 11.1. The Morgan fingerprint density at radius 2 is 1.66 bits per heavy atom. The van der Waals surface area contributed by atoms with Crippen molar-refractivity contribution in [3.05, 3.63) is 77.3 Å². The number of carboxylic acid groups (broad SMARTS) is 1. The molecule has 5 rings (SSSR count). The lowest BCUT2D eigenvalue weighted by Crippen LogP contribution is -2.52. The first-order valence-electron chi connectivity index (χ1n) is 12.6. The first-order valence-corrected chi connectivity index (χ1v) is 15.3. The molecule has 2 aliphatic carbocycles. The molecule has 7 nitrogen and oxygen atoms in total. The summed E-state index contributed by atoms with van der Waals surface area (Å²) in [7, 11) is -4.18. The Hall–Kier alpha value is -2.72. The summed E-state index contributed by atoms with van der Waals surface area (Å²) in [4.78, 5) is 26.4. The van der Waals surface area contributed by atoms with Crippen LogP contribution in [-0.4, -0.2) is 37.5 Å². The molecular formula is C28H29ClN2O5S2. The maximum atomic E-state index is 13.5. The molecule has 3 N–H and O–H groups in total. The van der Waals surface area contributed by atoms with E-state index in [1.807, 2.05) is 6.07 Å². The number of hydrogen-bond acceptors (Lipinski definition) is 5. The number of amides is 1. The van der Waals surface area contributed by atoms with E-state index in [1.54, 1.807) is 54.6 Å². The van der Waals surface area contributed by atoms with E-state index in [2.05, 4.69) is 10.0 Å². The first-order chi connectivity index (χ1) is 18.2. The molecule has 38 heavy (non-hydrogen) atoms. The summed E-state index contributed by atoms with van der Waals surface area (Å²) >= 11 is 7.02. The van der Waals surface area contributed by atoms with Gasteiger partial charge in [-0.15, -0.1) is 11.3 Å². The van der Waals surface area contributed by atoms with Gasteiger partial charge in [-0.05, 0) is 54.7 Å². The number of nitrogens with one attached hydrogen (secondary N) is 2. The van der Waals surface area contributed by atoms with E-state index in [9.17, 15) is 23.1 Å². The minimum Gasteiger partial charge on any atom is -0.480 e. The van der Waals surface area contributed by atoms with Crippen molar-refractivity contribution in [2.75, 3.05) is 6.54 Å². The van der Waals surface area contributed by atoms with Crippen LogP contribution >= 0.6 is 22.9 Å². The number of sulfonamides is 1. The minimum absolute atomic E-state index is 0.0168. The highest BCUT2D eigenvalue weighted by Gasteiger charge is 2.75. The molecule has 2 atom stereocenters. The van der Waals surface area contributed by atoms with Gasteiger partial charge in [-0.2, -0.15) is 4.72 Å². The van der Waals surface area contributed by atoms with Crippen LogP contribution in [0.3, 0.4) is 0 Å². The van der Waals surface area contributed by atoms with Crippen LogP contribution in [0.15, 0.2) is 70.9 Å². The number of thiophene rings is 1. The highest BCUT2D eigenvalue weighted by atomic mass is 35.5. The summed E-state index contributed by atoms with van der Waals surface area (Å²) in [5, 5.41) is 13.9. The molecule has 0 spiro atoms. The minimum atomic E-state index is -4.18. The Labute approximate surface area is 231 Å². The SMILES string of the molecule is O=C(NCC1(c2ccccc2)CC1(NS(=O)(=O)c1ccc(-c2ccc(Cl)cc2)s1)C(=O)O)C1CCCCC1. The molecule has 2 fully saturated rings. The van der Waals surface area contributed by atoms with Gasteiger partial charge in [0.15, 0.2) is 0 Å². The molecule has 3 aromatic rings. The number of hydrogen-bond donors (Lipinski definition) is 3. The van der Waals surface area contributed by atoms with Crippen LogP contribution in [0.25, 0.3) is 10.4 Å². The van der Waals surface area contributed by atoms with Crippen LogP contribution in [-0.2, 0) is 25.0 Å². The Bertz CT molecular complexity index is 1440. The Balaban J connectivity index is 1.43. The average Bonchev–Trinajstić information content (AvgIpc) is 3.29. The van der Waals surface area contributed by atoms with Crippen molar-refractivity contribution in [3.8, 4) is 10.4 Å². The van der Waals surface area contributed by atoms with Crippen molar-refractivity contribution in [2.24, 2.45) is 5.92 Å². The summed E-state index contributed by atoms with van der Waals surface area (Å²) in [6.07, 6.45) is 4.77. The Morgan fingerprint density at radius 1 is 0.974 bits per heavy atom. The molecule has 2 unspecified atom stereocenters. The van der Waals surface area contributed by atoms with Crippen LogP contribution < -0.4 is 10.0 Å². The van der Waals surface area contributed by atoms with Crippen LogP contribution in [0, 0.1) is 5.92 Å². The molecule has 0 bridgehead atoms. The second-order valence-corrected chi connectivity index (χ2v) is 13.5. The molecule has 1 heterocycles. The third kappa shape index (κ3) is 5.00. The largest absolute Gasteiger partial charge is 0.480 e. The fourth-order valence-electron chi connectivity index (χ4n) is 5.55. The molecular weight excluding hydrogens is 544 g/mol. The van der Waals surface area contributed by atoms with Crippen molar-refractivity contribution < 1.29 is 23.1 Å². The van der Waals surface area contributed by atoms with E-state index < -0.39 is 26.9 Å². The predicted octanol–water partition coefficient (Wildman–Crippen LogP) is 5.21. The van der Waals surface area contributed by atoms with Gasteiger partial charge in [-0.25, -0.2) is 8.42 Å². The van der Waals surface area contributed by atoms with Gasteiger partial charge in [0.05, 0.1) is 0 Å². The second-order valence-electron chi connectivity index (χ2n) is 10.1. The topological polar surface area (TPSA) is 113 Å². The third-order valence-electron chi connectivity index (χ3n) is 7.77. The van der Waals surface area contributed by atoms with E-state index in [0.29, 0.717) is 10.6 Å². The lowest BCUT2D eigenvalue weighted by Gasteiger charge is -2.27. The zero-order valence-corrected chi connectivity index (χ0v) is 23.0. The second kappa shape index (κ2) is 10.4. The number of carbonyl (C=O) groups is 2. The van der Waals surface area contributed by atoms with Gasteiger partial charge >= 0.3 is 5.97 Å². The van der Waals surface area contributed by atoms with Crippen molar-refractivity contribution in [2.45, 2.75) is 53.7 Å². The van der Waals surface area contributed by atoms with E-state index in [1.165, 1.54) is 6.07 Å². The molecule has 1 aromatic heterocycles. The van der Waals surface area contributed by atoms with Gasteiger partial charge in [-0.3, -0.25) is 9.59 Å². The molecule has 2 aromatic carbocycles. The lowest BCUT2D eigenvalue weighted by molar-refractivity contribution is -0.141. The van der Waals surface area contributed by atoms with E-state index in [0.717, 1.165) is 53.9 Å². The normalized spacial score (nSPS) is 23.6. The molecule has 0 aliphatic heterocycles. The Morgan fingerprint density at radius 3 is 2.32 bits per heavy atom. The summed E-state index contributed by atoms with van der Waals surface area (Å²) in [6.45, 7) is 0.0294. The maximum absolute atomic E-state index is 13.5. The molecule has 10 heteroatoms. The van der Waals surface area contributed by atoms with Gasteiger partial charge in [-0.1, -0.05) is 73.3 Å². The fourth-order valence-corrected chi connectivity index (χ4v) is 8.41. The number of halogens is 1. The van der Waals surface area contributed by atoms with Gasteiger partial charge in [0, 0.05) is 27.8 Å². The summed E-state index contributed by atoms with van der Waals surface area (Å²) in [6, 6.07) is 19.2. The standard InChI is InChI=1S/C28H29ClN2O5S2/c29-22-13-11-19(12-14-22)23-15-16-24(37-23)38(35,36)31-28(26(33)34)17-27(28,21-9-5-2-6-10-21)18-30-25(32)20-7-3-1-4-8-20/h2,5-6,9-16,20,31H,1,3-4,7-8,17-18H2,(H,30,32)(H,33,34). The number of rotatable bonds is 9. The van der Waals surface area contributed by atoms with Gasteiger partial charge in [0.1, 0.15) is 9.75 Å². The highest BCUT2D eigenvalue weighted by Crippen LogP contribution is 2.58. The molecule has 0 saturated heterocycles. The average molecular weight is 573 g/mol. The number of aliphatic carboxylic acids is 1. The molecule has 200 valence electrons. The zero-order chi connectivity index (χ0) is 27.0. The zero-order valence-electron chi connectivity index (χ0n) is 20.7. The van der Waals surface area contributed by atoms with Crippen molar-refractivity contribution in [1.29, 1.82) is 0 Å². The quantitative estimate of drug-likeness (QED) is 0.326. The highest BCUT2D eigenvalue weighted by molar-refractivity contribution is 7.91. The van der Waals surface area contributed by atoms with Crippen LogP contribution in [0.1, 0.15) is 44.1 Å². The smallest absolute Gasteiger partial charge is 0.325 e. The first kappa shape index (κ1) is 26.9. The Kier molecular flexibility index (Phi) is 7.39. The summed E-state index contributed by atoms with van der Waals surface area (Å²) < 4.78 is 29.6. The lowest BCUT2D eigenvalue weighted by atomic mass is 9.87. The fraction of sp³-hybridized carbons (Fsp3) is 0.357. The molecule has 2 saturated carbocycles. The maximum Gasteiger partial charge on any atom is 0.325 e. The van der Waals surface area contributed by atoms with Crippen molar-refractivity contribution >= 4 is 44.8 Å². The molecule has 2 aliphatic rings. The predicted molar refractivity (Wildman–Crippen MR) is 148 cm³/mol. The van der Waals surface area contributed by atoms with Crippen molar-refractivity contribution in [1.82, 2.24) is 10.0 Å². The van der Waals surface area contributed by atoms with Crippen LogP contribution in [0.5, 0.6) is 0 Å². The number of carboxylic acids is 1. The number of benzene rings is 2. The van der Waals surface area contributed by atoms with Crippen molar-refractivity contribution in [3.63, 3.8) is 0 Å². The van der Waals surface area contributed by atoms with Gasteiger partial charge in [0.25, 0.3) is 10.0 Å². The van der Waals surface area contributed by atoms with Gasteiger partial charge < -0.3 is 10.4 Å². The van der Waals surface area contributed by atoms with Crippen LogP contribution in [0.4, 0.5) is 0 Å². The van der Waals surface area contributed by atoms with E-state index >= 15 is 0 Å².